The summed E-state index contributed by atoms with van der Waals surface area (Å²) in [6, 6.07) is 9.04. The molecule has 1 aliphatic carbocycles. The lowest BCUT2D eigenvalue weighted by atomic mass is 9.99. The van der Waals surface area contributed by atoms with Crippen LogP contribution in [0.4, 0.5) is 0 Å². The number of hydrogen-bond acceptors (Lipinski definition) is 3. The molecule has 0 bridgehead atoms. The number of aliphatic hydroxyl groups is 1. The molecule has 3 atom stereocenters. The first-order chi connectivity index (χ1) is 9.34. The summed E-state index contributed by atoms with van der Waals surface area (Å²) in [4.78, 5) is 1.44. The van der Waals surface area contributed by atoms with E-state index in [1.165, 1.54) is 35.5 Å². The Bertz CT molecular complexity index is 423. The fraction of sp³-hybridized carbons (Fsp3) is 0.625. The standard InChI is InChI=1S/C16H23NOS/c18-15-8-3-1-2-7-14(15)17-10-12-11-19-16-9-5-4-6-13(12)16/h4-6,9,12,14-15,17-18H,1-3,7-8,10-11H2. The fourth-order valence-electron chi connectivity index (χ4n) is 3.22. The van der Waals surface area contributed by atoms with Crippen LogP contribution in [0.25, 0.3) is 0 Å². The second-order valence-electron chi connectivity index (χ2n) is 5.77. The van der Waals surface area contributed by atoms with E-state index in [9.17, 15) is 5.11 Å². The summed E-state index contributed by atoms with van der Waals surface area (Å²) in [5, 5.41) is 13.8. The number of rotatable bonds is 3. The van der Waals surface area contributed by atoms with E-state index in [-0.39, 0.29) is 6.10 Å². The van der Waals surface area contributed by atoms with Crippen LogP contribution in [0.5, 0.6) is 0 Å². The Kier molecular flexibility index (Phi) is 4.46. The molecular formula is C16H23NOS. The Labute approximate surface area is 120 Å². The molecule has 1 aromatic carbocycles. The zero-order valence-corrected chi connectivity index (χ0v) is 12.2. The molecule has 0 aromatic heterocycles. The molecular weight excluding hydrogens is 254 g/mol. The van der Waals surface area contributed by atoms with Crippen LogP contribution in [0, 0.1) is 0 Å². The molecule has 1 fully saturated rings. The topological polar surface area (TPSA) is 32.3 Å². The molecule has 0 saturated heterocycles. The lowest BCUT2D eigenvalue weighted by molar-refractivity contribution is 0.119. The van der Waals surface area contributed by atoms with Crippen LogP contribution in [0.1, 0.15) is 43.6 Å². The molecule has 1 aromatic rings. The van der Waals surface area contributed by atoms with Crippen molar-refractivity contribution < 1.29 is 5.11 Å². The van der Waals surface area contributed by atoms with Crippen molar-refractivity contribution >= 4 is 11.8 Å². The lowest BCUT2D eigenvalue weighted by Gasteiger charge is -2.23. The van der Waals surface area contributed by atoms with Crippen LogP contribution in [0.3, 0.4) is 0 Å². The van der Waals surface area contributed by atoms with Gasteiger partial charge in [-0.25, -0.2) is 0 Å². The van der Waals surface area contributed by atoms with Crippen molar-refractivity contribution in [2.75, 3.05) is 12.3 Å². The normalized spacial score (nSPS) is 30.9. The molecule has 0 amide bonds. The molecule has 3 rings (SSSR count). The number of nitrogens with one attached hydrogen (secondary N) is 1. The molecule has 1 heterocycles. The number of hydrogen-bond donors (Lipinski definition) is 2. The zero-order chi connectivity index (χ0) is 13.1. The van der Waals surface area contributed by atoms with E-state index in [1.54, 1.807) is 0 Å². The smallest absolute Gasteiger partial charge is 0.0693 e. The Morgan fingerprint density at radius 3 is 2.95 bits per heavy atom. The summed E-state index contributed by atoms with van der Waals surface area (Å²) in [7, 11) is 0. The number of aliphatic hydroxyl groups excluding tert-OH is 1. The fourth-order valence-corrected chi connectivity index (χ4v) is 4.47. The second kappa shape index (κ2) is 6.29. The van der Waals surface area contributed by atoms with Gasteiger partial charge >= 0.3 is 0 Å². The van der Waals surface area contributed by atoms with E-state index in [0.29, 0.717) is 12.0 Å². The first-order valence-corrected chi connectivity index (χ1v) is 8.46. The Balaban J connectivity index is 1.58. The van der Waals surface area contributed by atoms with Crippen molar-refractivity contribution in [2.24, 2.45) is 0 Å². The van der Waals surface area contributed by atoms with E-state index < -0.39 is 0 Å². The minimum absolute atomic E-state index is 0.146. The highest BCUT2D eigenvalue weighted by Crippen LogP contribution is 2.38. The second-order valence-corrected chi connectivity index (χ2v) is 6.83. The van der Waals surface area contributed by atoms with Gasteiger partial charge in [0, 0.05) is 29.2 Å². The summed E-state index contributed by atoms with van der Waals surface area (Å²) >= 11 is 1.96. The van der Waals surface area contributed by atoms with Gasteiger partial charge < -0.3 is 10.4 Å². The number of thioether (sulfide) groups is 1. The highest BCUT2D eigenvalue weighted by Gasteiger charge is 2.26. The van der Waals surface area contributed by atoms with Gasteiger partial charge in [0.15, 0.2) is 0 Å². The van der Waals surface area contributed by atoms with Crippen molar-refractivity contribution in [1.82, 2.24) is 5.32 Å². The van der Waals surface area contributed by atoms with E-state index >= 15 is 0 Å². The van der Waals surface area contributed by atoms with Gasteiger partial charge in [-0.1, -0.05) is 37.5 Å². The van der Waals surface area contributed by atoms with Gasteiger partial charge in [-0.2, -0.15) is 0 Å². The first kappa shape index (κ1) is 13.5. The van der Waals surface area contributed by atoms with Gasteiger partial charge in [-0.05, 0) is 24.5 Å². The predicted molar refractivity (Wildman–Crippen MR) is 80.8 cm³/mol. The van der Waals surface area contributed by atoms with Crippen molar-refractivity contribution in [3.8, 4) is 0 Å². The van der Waals surface area contributed by atoms with Gasteiger partial charge in [-0.15, -0.1) is 11.8 Å². The third-order valence-electron chi connectivity index (χ3n) is 4.40. The largest absolute Gasteiger partial charge is 0.392 e. The minimum Gasteiger partial charge on any atom is -0.392 e. The van der Waals surface area contributed by atoms with Crippen LogP contribution in [-0.4, -0.2) is 29.5 Å². The first-order valence-electron chi connectivity index (χ1n) is 7.48. The zero-order valence-electron chi connectivity index (χ0n) is 11.3. The van der Waals surface area contributed by atoms with E-state index in [1.807, 2.05) is 11.8 Å². The maximum atomic E-state index is 10.2. The Hall–Kier alpha value is -0.510. The minimum atomic E-state index is -0.146. The Morgan fingerprint density at radius 1 is 1.16 bits per heavy atom. The van der Waals surface area contributed by atoms with Crippen molar-refractivity contribution in [1.29, 1.82) is 0 Å². The highest BCUT2D eigenvalue weighted by molar-refractivity contribution is 7.99. The third kappa shape index (κ3) is 3.15. The van der Waals surface area contributed by atoms with E-state index in [2.05, 4.69) is 29.6 Å². The molecule has 1 aliphatic heterocycles. The quantitative estimate of drug-likeness (QED) is 0.832. The average Bonchev–Trinajstić information content (AvgIpc) is 2.73. The maximum absolute atomic E-state index is 10.2. The highest BCUT2D eigenvalue weighted by atomic mass is 32.2. The Morgan fingerprint density at radius 2 is 2.00 bits per heavy atom. The summed E-state index contributed by atoms with van der Waals surface area (Å²) in [5.41, 5.74) is 1.49. The van der Waals surface area contributed by atoms with Gasteiger partial charge in [0.2, 0.25) is 0 Å². The van der Waals surface area contributed by atoms with E-state index in [0.717, 1.165) is 19.4 Å². The average molecular weight is 277 g/mol. The predicted octanol–water partition coefficient (Wildman–Crippen LogP) is 3.16. The monoisotopic (exact) mass is 277 g/mol. The summed E-state index contributed by atoms with van der Waals surface area (Å²) < 4.78 is 0. The summed E-state index contributed by atoms with van der Waals surface area (Å²) in [6.45, 7) is 1.01. The van der Waals surface area contributed by atoms with Gasteiger partial charge in [0.05, 0.1) is 6.10 Å². The molecule has 0 radical (unpaired) electrons. The van der Waals surface area contributed by atoms with Gasteiger partial charge in [-0.3, -0.25) is 0 Å². The van der Waals surface area contributed by atoms with Crippen LogP contribution in [0.2, 0.25) is 0 Å². The maximum Gasteiger partial charge on any atom is 0.0693 e. The van der Waals surface area contributed by atoms with Gasteiger partial charge in [0.25, 0.3) is 0 Å². The molecule has 2 nitrogen and oxygen atoms in total. The van der Waals surface area contributed by atoms with Crippen molar-refractivity contribution in [3.05, 3.63) is 29.8 Å². The van der Waals surface area contributed by atoms with Crippen LogP contribution in [-0.2, 0) is 0 Å². The molecule has 2 N–H and O–H groups in total. The number of fused-ring (bicyclic) bond motifs is 1. The molecule has 1 saturated carbocycles. The SMILES string of the molecule is OC1CCCCCC1NCC1CSc2ccccc21. The van der Waals surface area contributed by atoms with E-state index in [4.69, 9.17) is 0 Å². The lowest BCUT2D eigenvalue weighted by Crippen LogP contribution is -2.41. The van der Waals surface area contributed by atoms with Crippen molar-refractivity contribution in [3.63, 3.8) is 0 Å². The molecule has 19 heavy (non-hydrogen) atoms. The molecule has 2 aliphatic rings. The molecule has 3 heteroatoms. The summed E-state index contributed by atoms with van der Waals surface area (Å²) in [6.07, 6.45) is 5.66. The number of benzene rings is 1. The third-order valence-corrected chi connectivity index (χ3v) is 5.66. The van der Waals surface area contributed by atoms with Crippen LogP contribution < -0.4 is 5.32 Å². The summed E-state index contributed by atoms with van der Waals surface area (Å²) in [5.74, 6) is 1.78. The van der Waals surface area contributed by atoms with Crippen molar-refractivity contribution in [2.45, 2.75) is 55.1 Å². The van der Waals surface area contributed by atoms with Crippen LogP contribution >= 0.6 is 11.8 Å². The van der Waals surface area contributed by atoms with Gasteiger partial charge in [0.1, 0.15) is 0 Å². The molecule has 104 valence electrons. The molecule has 0 spiro atoms. The van der Waals surface area contributed by atoms with Crippen LogP contribution in [0.15, 0.2) is 29.2 Å². The molecule has 3 unspecified atom stereocenters.